The fourth-order valence-corrected chi connectivity index (χ4v) is 1.61. The molecule has 1 saturated heterocycles. The second-order valence-electron chi connectivity index (χ2n) is 3.56. The fraction of sp³-hybridized carbons (Fsp3) is 0.545. The predicted molar refractivity (Wildman–Crippen MR) is 61.0 cm³/mol. The van der Waals surface area contributed by atoms with Gasteiger partial charge in [0.25, 0.3) is 0 Å². The number of hydrogen-bond donors (Lipinski definition) is 0. The molecule has 0 aromatic carbocycles. The Morgan fingerprint density at radius 2 is 2.29 bits per heavy atom. The molecule has 0 aliphatic carbocycles. The van der Waals surface area contributed by atoms with Crippen LogP contribution in [0.2, 0.25) is 0 Å². The summed E-state index contributed by atoms with van der Waals surface area (Å²) >= 11 is 0. The van der Waals surface area contributed by atoms with Gasteiger partial charge in [-0.15, -0.1) is 0 Å². The summed E-state index contributed by atoms with van der Waals surface area (Å²) < 4.78 is 10.1. The summed E-state index contributed by atoms with van der Waals surface area (Å²) in [5.74, 6) is 0.366. The van der Waals surface area contributed by atoms with Crippen molar-refractivity contribution < 1.29 is 14.3 Å². The van der Waals surface area contributed by atoms with Gasteiger partial charge >= 0.3 is 5.97 Å². The minimum atomic E-state index is -0.484. The molecule has 92 valence electrons. The molecule has 0 N–H and O–H groups in total. The van der Waals surface area contributed by atoms with Crippen LogP contribution in [0.1, 0.15) is 17.5 Å². The highest BCUT2D eigenvalue weighted by atomic mass is 16.5. The van der Waals surface area contributed by atoms with Crippen molar-refractivity contribution in [2.45, 2.75) is 6.92 Å². The average molecular weight is 237 g/mol. The van der Waals surface area contributed by atoms with Gasteiger partial charge in [0.1, 0.15) is 5.82 Å². The topological polar surface area (TPSA) is 64.5 Å². The molecule has 0 amide bonds. The molecule has 0 bridgehead atoms. The number of carbonyl (C=O) groups is 1. The summed E-state index contributed by atoms with van der Waals surface area (Å²) in [5, 5.41) is 0. The standard InChI is InChI=1S/C11H15N3O3/c1-2-17-11(15)10-12-4-3-9(13-10)14-5-7-16-8-6-14/h3-4H,2,5-8H2,1H3. The van der Waals surface area contributed by atoms with Crippen molar-refractivity contribution >= 4 is 11.8 Å². The number of esters is 1. The maximum absolute atomic E-state index is 11.5. The molecule has 1 aromatic heterocycles. The maximum Gasteiger partial charge on any atom is 0.376 e. The van der Waals surface area contributed by atoms with Crippen LogP contribution in [0.3, 0.4) is 0 Å². The van der Waals surface area contributed by atoms with Crippen molar-refractivity contribution in [1.29, 1.82) is 0 Å². The Labute approximate surface area is 99.6 Å². The molecule has 0 saturated carbocycles. The Kier molecular flexibility index (Phi) is 3.87. The van der Waals surface area contributed by atoms with E-state index in [1.807, 2.05) is 0 Å². The first-order valence-corrected chi connectivity index (χ1v) is 5.64. The van der Waals surface area contributed by atoms with E-state index in [0.717, 1.165) is 18.9 Å². The van der Waals surface area contributed by atoms with Crippen molar-refractivity contribution in [1.82, 2.24) is 9.97 Å². The average Bonchev–Trinajstić information content (AvgIpc) is 2.40. The van der Waals surface area contributed by atoms with Gasteiger partial charge in [-0.1, -0.05) is 0 Å². The van der Waals surface area contributed by atoms with Crippen LogP contribution >= 0.6 is 0 Å². The van der Waals surface area contributed by atoms with Crippen LogP contribution in [-0.2, 0) is 9.47 Å². The molecule has 17 heavy (non-hydrogen) atoms. The Morgan fingerprint density at radius 3 is 3.00 bits per heavy atom. The molecule has 2 heterocycles. The molecule has 0 spiro atoms. The summed E-state index contributed by atoms with van der Waals surface area (Å²) in [5.41, 5.74) is 0. The van der Waals surface area contributed by atoms with Gasteiger partial charge in [-0.05, 0) is 13.0 Å². The van der Waals surface area contributed by atoms with Crippen LogP contribution in [0.4, 0.5) is 5.82 Å². The molecule has 6 heteroatoms. The third-order valence-electron chi connectivity index (χ3n) is 2.43. The quantitative estimate of drug-likeness (QED) is 0.713. The third kappa shape index (κ3) is 2.91. The van der Waals surface area contributed by atoms with Crippen molar-refractivity contribution in [3.63, 3.8) is 0 Å². The van der Waals surface area contributed by atoms with E-state index < -0.39 is 5.97 Å². The lowest BCUT2D eigenvalue weighted by atomic mass is 10.4. The molecular formula is C11H15N3O3. The minimum Gasteiger partial charge on any atom is -0.460 e. The lowest BCUT2D eigenvalue weighted by molar-refractivity contribution is 0.0512. The van der Waals surface area contributed by atoms with Gasteiger partial charge in [0.15, 0.2) is 0 Å². The normalized spacial score (nSPS) is 15.7. The van der Waals surface area contributed by atoms with E-state index in [4.69, 9.17) is 9.47 Å². The molecule has 1 aliphatic heterocycles. The number of rotatable bonds is 3. The molecule has 0 unspecified atom stereocenters. The zero-order valence-corrected chi connectivity index (χ0v) is 9.76. The van der Waals surface area contributed by atoms with Crippen molar-refractivity contribution in [2.24, 2.45) is 0 Å². The van der Waals surface area contributed by atoms with Gasteiger partial charge in [-0.25, -0.2) is 14.8 Å². The first-order chi connectivity index (χ1) is 8.31. The number of ether oxygens (including phenoxy) is 2. The van der Waals surface area contributed by atoms with E-state index >= 15 is 0 Å². The van der Waals surface area contributed by atoms with E-state index in [0.29, 0.717) is 19.8 Å². The summed E-state index contributed by atoms with van der Waals surface area (Å²) in [7, 11) is 0. The summed E-state index contributed by atoms with van der Waals surface area (Å²) in [6, 6.07) is 1.79. The SMILES string of the molecule is CCOC(=O)c1nccc(N2CCOCC2)n1. The van der Waals surface area contributed by atoms with E-state index in [1.54, 1.807) is 19.2 Å². The highest BCUT2D eigenvalue weighted by molar-refractivity contribution is 5.85. The smallest absolute Gasteiger partial charge is 0.376 e. The number of morpholine rings is 1. The second-order valence-corrected chi connectivity index (χ2v) is 3.56. The maximum atomic E-state index is 11.5. The minimum absolute atomic E-state index is 0.107. The predicted octanol–water partition coefficient (Wildman–Crippen LogP) is 0.490. The number of aromatic nitrogens is 2. The van der Waals surface area contributed by atoms with Gasteiger partial charge < -0.3 is 14.4 Å². The first kappa shape index (κ1) is 11.8. The lowest BCUT2D eigenvalue weighted by Gasteiger charge is -2.27. The summed E-state index contributed by atoms with van der Waals surface area (Å²) in [6.45, 7) is 4.99. The lowest BCUT2D eigenvalue weighted by Crippen LogP contribution is -2.37. The molecule has 0 radical (unpaired) electrons. The van der Waals surface area contributed by atoms with E-state index in [1.165, 1.54) is 0 Å². The number of nitrogens with zero attached hydrogens (tertiary/aromatic N) is 3. The van der Waals surface area contributed by atoms with Crippen LogP contribution in [0.25, 0.3) is 0 Å². The molecule has 1 aromatic rings. The zero-order chi connectivity index (χ0) is 12.1. The summed E-state index contributed by atoms with van der Waals surface area (Å²) in [4.78, 5) is 21.7. The first-order valence-electron chi connectivity index (χ1n) is 5.64. The van der Waals surface area contributed by atoms with Gasteiger partial charge in [-0.3, -0.25) is 0 Å². The van der Waals surface area contributed by atoms with Crippen LogP contribution in [-0.4, -0.2) is 48.8 Å². The van der Waals surface area contributed by atoms with Gasteiger partial charge in [0.05, 0.1) is 19.8 Å². The van der Waals surface area contributed by atoms with Crippen molar-refractivity contribution in [2.75, 3.05) is 37.8 Å². The highest BCUT2D eigenvalue weighted by Gasteiger charge is 2.16. The van der Waals surface area contributed by atoms with E-state index in [2.05, 4.69) is 14.9 Å². The van der Waals surface area contributed by atoms with Gasteiger partial charge in [-0.2, -0.15) is 0 Å². The Hall–Kier alpha value is -1.69. The van der Waals surface area contributed by atoms with Crippen molar-refractivity contribution in [3.8, 4) is 0 Å². The summed E-state index contributed by atoms with van der Waals surface area (Å²) in [6.07, 6.45) is 1.57. The third-order valence-corrected chi connectivity index (χ3v) is 2.43. The van der Waals surface area contributed by atoms with Crippen LogP contribution in [0.15, 0.2) is 12.3 Å². The second kappa shape index (κ2) is 5.58. The Morgan fingerprint density at radius 1 is 1.53 bits per heavy atom. The highest BCUT2D eigenvalue weighted by Crippen LogP contribution is 2.12. The number of anilines is 1. The fourth-order valence-electron chi connectivity index (χ4n) is 1.61. The van der Waals surface area contributed by atoms with Gasteiger partial charge in [0, 0.05) is 19.3 Å². The molecule has 1 aliphatic rings. The Balaban J connectivity index is 2.12. The molecular weight excluding hydrogens is 222 g/mol. The van der Waals surface area contributed by atoms with Gasteiger partial charge in [0.2, 0.25) is 5.82 Å². The molecule has 6 nitrogen and oxygen atoms in total. The van der Waals surface area contributed by atoms with E-state index in [-0.39, 0.29) is 5.82 Å². The van der Waals surface area contributed by atoms with E-state index in [9.17, 15) is 4.79 Å². The monoisotopic (exact) mass is 237 g/mol. The van der Waals surface area contributed by atoms with Crippen molar-refractivity contribution in [3.05, 3.63) is 18.1 Å². The number of hydrogen-bond acceptors (Lipinski definition) is 6. The van der Waals surface area contributed by atoms with Crippen LogP contribution in [0, 0.1) is 0 Å². The Bertz CT molecular complexity index is 391. The van der Waals surface area contributed by atoms with Crippen LogP contribution < -0.4 is 4.90 Å². The van der Waals surface area contributed by atoms with Crippen LogP contribution in [0.5, 0.6) is 0 Å². The molecule has 1 fully saturated rings. The zero-order valence-electron chi connectivity index (χ0n) is 9.76. The number of carbonyl (C=O) groups excluding carboxylic acids is 1. The molecule has 0 atom stereocenters. The largest absolute Gasteiger partial charge is 0.460 e. The molecule has 2 rings (SSSR count).